The first kappa shape index (κ1) is 20.5. The number of hydrogen-bond acceptors (Lipinski definition) is 3. The van der Waals surface area contributed by atoms with E-state index >= 15 is 0 Å². The number of benzene rings is 2. The Morgan fingerprint density at radius 1 is 1.12 bits per heavy atom. The van der Waals surface area contributed by atoms with Crippen LogP contribution in [0.25, 0.3) is 0 Å². The van der Waals surface area contributed by atoms with Crippen molar-refractivity contribution in [2.45, 2.75) is 25.9 Å². The number of rotatable bonds is 6. The Bertz CT molecular complexity index is 794. The van der Waals surface area contributed by atoms with E-state index in [2.05, 4.69) is 45.7 Å². The molecule has 2 N–H and O–H groups in total. The van der Waals surface area contributed by atoms with E-state index in [0.29, 0.717) is 26.0 Å². The van der Waals surface area contributed by atoms with Crippen LogP contribution in [-0.4, -0.2) is 16.9 Å². The number of hydrogen-bond donors (Lipinski definition) is 2. The summed E-state index contributed by atoms with van der Waals surface area (Å²) in [5.74, 6) is 2.26. The Balaban J connectivity index is 2.35. The van der Waals surface area contributed by atoms with Crippen LogP contribution < -0.4 is 9.47 Å². The lowest BCUT2D eigenvalue weighted by atomic mass is 10.0. The molecule has 136 valence electrons. The van der Waals surface area contributed by atoms with Crippen LogP contribution in [0, 0.1) is 0 Å². The Kier molecular flexibility index (Phi) is 6.74. The second kappa shape index (κ2) is 8.23. The number of halogens is 2. The minimum absolute atomic E-state index is 0.274. The summed E-state index contributed by atoms with van der Waals surface area (Å²) >= 11 is 6.81. The highest BCUT2D eigenvalue weighted by molar-refractivity contribution is 9.11. The van der Waals surface area contributed by atoms with Gasteiger partial charge in [0.1, 0.15) is 11.5 Å². The highest BCUT2D eigenvalue weighted by Crippen LogP contribution is 2.44. The maximum Gasteiger partial charge on any atom is 0.329 e. The molecule has 2 rings (SSSR count). The van der Waals surface area contributed by atoms with Crippen LogP contribution in [-0.2, 0) is 10.7 Å². The fourth-order valence-electron chi connectivity index (χ4n) is 2.38. The van der Waals surface area contributed by atoms with Crippen molar-refractivity contribution in [3.63, 3.8) is 0 Å². The molecule has 0 saturated carbocycles. The normalized spacial score (nSPS) is 11.7. The second-order valence-electron chi connectivity index (χ2n) is 5.87. The Hall–Kier alpha value is -0.850. The average molecular weight is 494 g/mol. The summed E-state index contributed by atoms with van der Waals surface area (Å²) in [5, 5.41) is 0. The molecule has 0 heterocycles. The zero-order valence-corrected chi connectivity index (χ0v) is 18.1. The lowest BCUT2D eigenvalue weighted by molar-refractivity contribution is 0.371. The van der Waals surface area contributed by atoms with E-state index in [1.165, 1.54) is 0 Å². The van der Waals surface area contributed by atoms with Gasteiger partial charge in [-0.3, -0.25) is 4.57 Å². The summed E-state index contributed by atoms with van der Waals surface area (Å²) in [5.41, 5.74) is 1.54. The van der Waals surface area contributed by atoms with Gasteiger partial charge in [0.25, 0.3) is 0 Å². The minimum atomic E-state index is -4.13. The number of methoxy groups -OCH3 is 1. The number of ether oxygens (including phenoxy) is 2. The fraction of sp³-hybridized carbons (Fsp3) is 0.294. The molecule has 2 aromatic carbocycles. The summed E-state index contributed by atoms with van der Waals surface area (Å²) in [6.45, 7) is 4.15. The average Bonchev–Trinajstić information content (AvgIpc) is 2.49. The molecule has 0 fully saturated rings. The third-order valence-corrected chi connectivity index (χ3v) is 5.44. The Morgan fingerprint density at radius 3 is 2.20 bits per heavy atom. The summed E-state index contributed by atoms with van der Waals surface area (Å²) < 4.78 is 23.7. The SMILES string of the molecule is COc1ccc(Oc2c(Br)cc(CP(=O)(O)O)cc2Br)cc1C(C)C. The zero-order valence-electron chi connectivity index (χ0n) is 14.0. The topological polar surface area (TPSA) is 76.0 Å². The molecule has 25 heavy (non-hydrogen) atoms. The van der Waals surface area contributed by atoms with E-state index in [1.54, 1.807) is 19.2 Å². The lowest BCUT2D eigenvalue weighted by Crippen LogP contribution is -1.96. The Morgan fingerprint density at radius 2 is 1.72 bits per heavy atom. The standard InChI is InChI=1S/C17H19Br2O5P/c1-10(2)13-8-12(4-5-16(13)23-3)24-17-14(18)6-11(7-15(17)19)9-25(20,21)22/h4-8,10H,9H2,1-3H3,(H2,20,21,22). The van der Waals surface area contributed by atoms with Crippen molar-refractivity contribution in [2.75, 3.05) is 7.11 Å². The van der Waals surface area contributed by atoms with Gasteiger partial charge in [-0.05, 0) is 73.7 Å². The van der Waals surface area contributed by atoms with Crippen LogP contribution in [0.1, 0.15) is 30.9 Å². The molecule has 0 unspecified atom stereocenters. The van der Waals surface area contributed by atoms with Crippen LogP contribution in [0.2, 0.25) is 0 Å². The van der Waals surface area contributed by atoms with E-state index in [1.807, 2.05) is 18.2 Å². The molecule has 0 aromatic heterocycles. The predicted octanol–water partition coefficient (Wildman–Crippen LogP) is 5.81. The smallest absolute Gasteiger partial charge is 0.329 e. The van der Waals surface area contributed by atoms with Crippen molar-refractivity contribution in [1.29, 1.82) is 0 Å². The largest absolute Gasteiger partial charge is 0.496 e. The summed E-state index contributed by atoms with van der Waals surface area (Å²) in [6.07, 6.45) is -0.329. The van der Waals surface area contributed by atoms with Gasteiger partial charge < -0.3 is 19.3 Å². The van der Waals surface area contributed by atoms with E-state index in [0.717, 1.165) is 11.3 Å². The van der Waals surface area contributed by atoms with Crippen molar-refractivity contribution in [2.24, 2.45) is 0 Å². The molecule has 8 heteroatoms. The van der Waals surface area contributed by atoms with Crippen molar-refractivity contribution in [3.8, 4) is 17.2 Å². The maximum absolute atomic E-state index is 11.2. The van der Waals surface area contributed by atoms with Crippen LogP contribution in [0.4, 0.5) is 0 Å². The summed E-state index contributed by atoms with van der Waals surface area (Å²) in [4.78, 5) is 18.3. The molecule has 5 nitrogen and oxygen atoms in total. The first-order valence-corrected chi connectivity index (χ1v) is 10.9. The van der Waals surface area contributed by atoms with Gasteiger partial charge in [0.2, 0.25) is 0 Å². The maximum atomic E-state index is 11.2. The van der Waals surface area contributed by atoms with Crippen LogP contribution in [0.5, 0.6) is 17.2 Å². The first-order chi connectivity index (χ1) is 11.6. The third-order valence-electron chi connectivity index (χ3n) is 3.49. The lowest BCUT2D eigenvalue weighted by Gasteiger charge is -2.16. The molecular weight excluding hydrogens is 475 g/mol. The summed E-state index contributed by atoms with van der Waals surface area (Å²) in [6, 6.07) is 8.88. The predicted molar refractivity (Wildman–Crippen MR) is 105 cm³/mol. The van der Waals surface area contributed by atoms with Gasteiger partial charge in [-0.1, -0.05) is 13.8 Å². The molecule has 0 saturated heterocycles. The van der Waals surface area contributed by atoms with E-state index in [9.17, 15) is 4.57 Å². The van der Waals surface area contributed by atoms with Gasteiger partial charge in [-0.15, -0.1) is 0 Å². The van der Waals surface area contributed by atoms with Crippen molar-refractivity contribution in [1.82, 2.24) is 0 Å². The second-order valence-corrected chi connectivity index (χ2v) is 9.23. The Labute approximate surface area is 163 Å². The van der Waals surface area contributed by atoms with Crippen molar-refractivity contribution < 1.29 is 23.8 Å². The van der Waals surface area contributed by atoms with Gasteiger partial charge in [-0.2, -0.15) is 0 Å². The minimum Gasteiger partial charge on any atom is -0.496 e. The molecule has 0 atom stereocenters. The van der Waals surface area contributed by atoms with E-state index < -0.39 is 7.60 Å². The van der Waals surface area contributed by atoms with Gasteiger partial charge in [0.05, 0.1) is 22.2 Å². The monoisotopic (exact) mass is 492 g/mol. The molecule has 0 aliphatic heterocycles. The third kappa shape index (κ3) is 5.56. The van der Waals surface area contributed by atoms with Gasteiger partial charge >= 0.3 is 7.60 Å². The van der Waals surface area contributed by atoms with Crippen LogP contribution in [0.15, 0.2) is 39.3 Å². The molecule has 2 aromatic rings. The molecule has 0 spiro atoms. The zero-order chi connectivity index (χ0) is 18.8. The fourth-order valence-corrected chi connectivity index (χ4v) is 4.49. The van der Waals surface area contributed by atoms with Gasteiger partial charge in [-0.25, -0.2) is 0 Å². The van der Waals surface area contributed by atoms with E-state index in [4.69, 9.17) is 19.3 Å². The quantitative estimate of drug-likeness (QED) is 0.496. The molecular formula is C17H19Br2O5P. The van der Waals surface area contributed by atoms with Crippen molar-refractivity contribution in [3.05, 3.63) is 50.4 Å². The van der Waals surface area contributed by atoms with E-state index in [-0.39, 0.29) is 12.1 Å². The molecule has 0 aliphatic rings. The van der Waals surface area contributed by atoms with Crippen molar-refractivity contribution >= 4 is 39.5 Å². The molecule has 0 aliphatic carbocycles. The van der Waals surface area contributed by atoms with Crippen LogP contribution >= 0.6 is 39.5 Å². The summed E-state index contributed by atoms with van der Waals surface area (Å²) in [7, 11) is -2.50. The molecule has 0 radical (unpaired) electrons. The molecule has 0 bridgehead atoms. The highest BCUT2D eigenvalue weighted by atomic mass is 79.9. The molecule has 0 amide bonds. The van der Waals surface area contributed by atoms with Crippen LogP contribution in [0.3, 0.4) is 0 Å². The van der Waals surface area contributed by atoms with Gasteiger partial charge in [0, 0.05) is 5.56 Å². The first-order valence-electron chi connectivity index (χ1n) is 7.49. The highest BCUT2D eigenvalue weighted by Gasteiger charge is 2.18. The van der Waals surface area contributed by atoms with Gasteiger partial charge in [0.15, 0.2) is 5.75 Å².